The molecule has 2 aromatic heterocycles. The van der Waals surface area contributed by atoms with Crippen LogP contribution in [0.3, 0.4) is 0 Å². The molecule has 0 radical (unpaired) electrons. The van der Waals surface area contributed by atoms with Crippen LogP contribution in [0.4, 0.5) is 0 Å². The maximum absolute atomic E-state index is 6.14. The molecule has 256 valence electrons. The summed E-state index contributed by atoms with van der Waals surface area (Å²) in [6, 6.07) is 66.0. The van der Waals surface area contributed by atoms with E-state index in [9.17, 15) is 0 Å². The lowest BCUT2D eigenvalue weighted by Crippen LogP contribution is -2.00. The monoisotopic (exact) mass is 701 g/mol. The first kappa shape index (κ1) is 31.1. The van der Waals surface area contributed by atoms with E-state index in [1.807, 2.05) is 72.8 Å². The first-order chi connectivity index (χ1) is 27.2. The fourth-order valence-corrected chi connectivity index (χ4v) is 8.07. The van der Waals surface area contributed by atoms with Crippen molar-refractivity contribution in [3.63, 3.8) is 0 Å². The highest BCUT2D eigenvalue weighted by Crippen LogP contribution is 2.42. The average Bonchev–Trinajstić information content (AvgIpc) is 3.65. The van der Waals surface area contributed by atoms with E-state index in [0.29, 0.717) is 17.5 Å². The predicted octanol–water partition coefficient (Wildman–Crippen LogP) is 13.6. The first-order valence-electron chi connectivity index (χ1n) is 18.5. The van der Waals surface area contributed by atoms with Crippen molar-refractivity contribution in [1.82, 2.24) is 15.0 Å². The van der Waals surface area contributed by atoms with Gasteiger partial charge in [0.1, 0.15) is 11.2 Å². The van der Waals surface area contributed by atoms with Crippen molar-refractivity contribution in [2.75, 3.05) is 0 Å². The molecule has 0 spiro atoms. The lowest BCUT2D eigenvalue weighted by molar-refractivity contribution is 0.669. The summed E-state index contributed by atoms with van der Waals surface area (Å²) in [4.78, 5) is 14.8. The Morgan fingerprint density at radius 3 is 1.40 bits per heavy atom. The van der Waals surface area contributed by atoms with Crippen molar-refractivity contribution in [3.05, 3.63) is 188 Å². The zero-order chi connectivity index (χ0) is 36.3. The summed E-state index contributed by atoms with van der Waals surface area (Å²) in [7, 11) is 0. The molecular formula is C51H31N3O. The number of hydrogen-bond acceptors (Lipinski definition) is 4. The minimum atomic E-state index is 0.641. The van der Waals surface area contributed by atoms with Gasteiger partial charge in [-0.3, -0.25) is 0 Å². The van der Waals surface area contributed by atoms with Gasteiger partial charge in [-0.05, 0) is 78.8 Å². The summed E-state index contributed by atoms with van der Waals surface area (Å²) < 4.78 is 6.14. The van der Waals surface area contributed by atoms with Gasteiger partial charge in [0.15, 0.2) is 17.5 Å². The number of benzene rings is 9. The lowest BCUT2D eigenvalue weighted by Gasteiger charge is -2.16. The number of aromatic nitrogens is 3. The van der Waals surface area contributed by atoms with Crippen molar-refractivity contribution in [1.29, 1.82) is 0 Å². The minimum absolute atomic E-state index is 0.641. The molecule has 0 bridgehead atoms. The molecule has 0 amide bonds. The third kappa shape index (κ3) is 5.26. The molecule has 4 heteroatoms. The van der Waals surface area contributed by atoms with E-state index in [1.54, 1.807) is 0 Å². The van der Waals surface area contributed by atoms with Crippen molar-refractivity contribution in [2.24, 2.45) is 0 Å². The summed E-state index contributed by atoms with van der Waals surface area (Å²) in [5.41, 5.74) is 9.31. The van der Waals surface area contributed by atoms with Crippen molar-refractivity contribution < 1.29 is 4.42 Å². The van der Waals surface area contributed by atoms with Crippen LogP contribution >= 0.6 is 0 Å². The van der Waals surface area contributed by atoms with E-state index < -0.39 is 0 Å². The van der Waals surface area contributed by atoms with Gasteiger partial charge in [0, 0.05) is 27.5 Å². The normalized spacial score (nSPS) is 11.6. The number of rotatable bonds is 5. The van der Waals surface area contributed by atoms with Gasteiger partial charge in [0.2, 0.25) is 0 Å². The molecule has 11 rings (SSSR count). The highest BCUT2D eigenvalue weighted by Gasteiger charge is 2.16. The van der Waals surface area contributed by atoms with Crippen molar-refractivity contribution in [3.8, 4) is 56.4 Å². The van der Waals surface area contributed by atoms with Crippen molar-refractivity contribution in [2.45, 2.75) is 0 Å². The number of hydrogen-bond donors (Lipinski definition) is 0. The molecule has 0 saturated carbocycles. The second kappa shape index (κ2) is 12.6. The smallest absolute Gasteiger partial charge is 0.164 e. The van der Waals surface area contributed by atoms with Gasteiger partial charge in [-0.25, -0.2) is 15.0 Å². The summed E-state index contributed by atoms with van der Waals surface area (Å²) in [6.07, 6.45) is 0. The number of para-hydroxylation sites is 1. The van der Waals surface area contributed by atoms with Gasteiger partial charge in [0.25, 0.3) is 0 Å². The number of furan rings is 1. The lowest BCUT2D eigenvalue weighted by atomic mass is 9.88. The van der Waals surface area contributed by atoms with E-state index >= 15 is 0 Å². The molecule has 0 aliphatic heterocycles. The molecule has 0 fully saturated rings. The van der Waals surface area contributed by atoms with Crippen LogP contribution in [0.15, 0.2) is 192 Å². The molecule has 9 aromatic carbocycles. The standard InChI is InChI=1S/C51H31N3O/c1-3-12-33(13-4-1)49-52-50(34-14-5-2-6-15-34)54-51(53-49)35-24-22-32(23-25-35)38-19-11-20-42-39-16-7-8-17-40(39)44-30-36(26-28-43(44)48(38)42)37-27-29-47-45(31-37)41-18-9-10-21-46(41)55-47/h1-31H. The third-order valence-electron chi connectivity index (χ3n) is 10.7. The van der Waals surface area contributed by atoms with Crippen LogP contribution in [0.2, 0.25) is 0 Å². The Morgan fingerprint density at radius 1 is 0.273 bits per heavy atom. The molecular weight excluding hydrogens is 671 g/mol. The maximum Gasteiger partial charge on any atom is 0.164 e. The Morgan fingerprint density at radius 2 is 0.727 bits per heavy atom. The van der Waals surface area contributed by atoms with Crippen LogP contribution in [0.1, 0.15) is 0 Å². The van der Waals surface area contributed by atoms with Gasteiger partial charge in [-0.15, -0.1) is 0 Å². The predicted molar refractivity (Wildman–Crippen MR) is 227 cm³/mol. The van der Waals surface area contributed by atoms with Crippen LogP contribution in [0.25, 0.3) is 111 Å². The first-order valence-corrected chi connectivity index (χ1v) is 18.5. The molecule has 0 unspecified atom stereocenters. The van der Waals surface area contributed by atoms with E-state index in [4.69, 9.17) is 19.4 Å². The molecule has 2 heterocycles. The Hall–Kier alpha value is -7.43. The van der Waals surface area contributed by atoms with Gasteiger partial charge in [-0.1, -0.05) is 164 Å². The van der Waals surface area contributed by atoms with E-state index in [-0.39, 0.29) is 0 Å². The SMILES string of the molecule is c1ccc(-c2nc(-c3ccccc3)nc(-c3ccc(-c4cccc5c6ccccc6c6cc(-c7ccc8oc9ccccc9c8c7)ccc6c45)cc3)n2)cc1. The van der Waals surface area contributed by atoms with Gasteiger partial charge >= 0.3 is 0 Å². The van der Waals surface area contributed by atoms with Crippen LogP contribution < -0.4 is 0 Å². The second-order valence-electron chi connectivity index (χ2n) is 14.0. The molecule has 55 heavy (non-hydrogen) atoms. The molecule has 0 N–H and O–H groups in total. The minimum Gasteiger partial charge on any atom is -0.456 e. The average molecular weight is 702 g/mol. The molecule has 0 aliphatic carbocycles. The topological polar surface area (TPSA) is 51.8 Å². The Kier molecular flexibility index (Phi) is 7.14. The zero-order valence-corrected chi connectivity index (χ0v) is 29.6. The maximum atomic E-state index is 6.14. The van der Waals surface area contributed by atoms with Crippen LogP contribution in [-0.2, 0) is 0 Å². The molecule has 0 aliphatic rings. The molecule has 4 nitrogen and oxygen atoms in total. The summed E-state index contributed by atoms with van der Waals surface area (Å²) in [5.74, 6) is 1.94. The fourth-order valence-electron chi connectivity index (χ4n) is 8.07. The number of fused-ring (bicyclic) bond motifs is 9. The van der Waals surface area contributed by atoms with Gasteiger partial charge < -0.3 is 4.42 Å². The highest BCUT2D eigenvalue weighted by atomic mass is 16.3. The van der Waals surface area contributed by atoms with E-state index in [0.717, 1.165) is 49.8 Å². The van der Waals surface area contributed by atoms with Gasteiger partial charge in [-0.2, -0.15) is 0 Å². The van der Waals surface area contributed by atoms with Crippen LogP contribution in [-0.4, -0.2) is 15.0 Å². The van der Waals surface area contributed by atoms with Crippen LogP contribution in [0.5, 0.6) is 0 Å². The van der Waals surface area contributed by atoms with E-state index in [1.165, 1.54) is 43.4 Å². The number of nitrogens with zero attached hydrogens (tertiary/aromatic N) is 3. The Labute approximate surface area is 317 Å². The molecule has 0 saturated heterocycles. The summed E-state index contributed by atoms with van der Waals surface area (Å²) in [5, 5.41) is 9.68. The van der Waals surface area contributed by atoms with Gasteiger partial charge in [0.05, 0.1) is 0 Å². The van der Waals surface area contributed by atoms with Crippen LogP contribution in [0, 0.1) is 0 Å². The Balaban J connectivity index is 1.05. The zero-order valence-electron chi connectivity index (χ0n) is 29.6. The molecule has 0 atom stereocenters. The third-order valence-corrected chi connectivity index (χ3v) is 10.7. The quantitative estimate of drug-likeness (QED) is 0.168. The summed E-state index contributed by atoms with van der Waals surface area (Å²) >= 11 is 0. The Bertz CT molecular complexity index is 3180. The molecule has 11 aromatic rings. The summed E-state index contributed by atoms with van der Waals surface area (Å²) in [6.45, 7) is 0. The largest absolute Gasteiger partial charge is 0.456 e. The highest BCUT2D eigenvalue weighted by molar-refractivity contribution is 6.29. The van der Waals surface area contributed by atoms with E-state index in [2.05, 4.69) is 115 Å². The second-order valence-corrected chi connectivity index (χ2v) is 14.0. The van der Waals surface area contributed by atoms with Crippen molar-refractivity contribution >= 4 is 54.3 Å². The fraction of sp³-hybridized carbons (Fsp3) is 0.